The summed E-state index contributed by atoms with van der Waals surface area (Å²) in [5.74, 6) is 0. The van der Waals surface area contributed by atoms with Gasteiger partial charge in [0.1, 0.15) is 5.01 Å². The van der Waals surface area contributed by atoms with Crippen molar-refractivity contribution in [2.24, 2.45) is 5.41 Å². The second-order valence-electron chi connectivity index (χ2n) is 3.82. The number of hydrogen-bond acceptors (Lipinski definition) is 5. The Bertz CT molecular complexity index is 295. The Labute approximate surface area is 81.0 Å². The largest absolute Gasteiger partial charge is 0.389 e. The maximum absolute atomic E-state index is 8.77. The predicted molar refractivity (Wildman–Crippen MR) is 51.7 cm³/mol. The molecule has 13 heavy (non-hydrogen) atoms. The molecule has 0 unspecified atom stereocenters. The van der Waals surface area contributed by atoms with Crippen molar-refractivity contribution in [3.05, 3.63) is 5.01 Å². The minimum absolute atomic E-state index is 0.0172. The van der Waals surface area contributed by atoms with Gasteiger partial charge in [0.15, 0.2) is 0 Å². The molecule has 2 rings (SSSR count). The van der Waals surface area contributed by atoms with Crippen LogP contribution < -0.4 is 5.32 Å². The zero-order valence-electron chi connectivity index (χ0n) is 7.58. The first-order valence-electron chi connectivity index (χ1n) is 4.39. The first-order chi connectivity index (χ1) is 6.22. The van der Waals surface area contributed by atoms with Crippen LogP contribution in [0.15, 0.2) is 0 Å². The lowest BCUT2D eigenvalue weighted by Gasteiger charge is -2.07. The summed E-state index contributed by atoms with van der Waals surface area (Å²) in [7, 11) is 0. The Morgan fingerprint density at radius 1 is 1.54 bits per heavy atom. The van der Waals surface area contributed by atoms with Crippen molar-refractivity contribution < 1.29 is 5.11 Å². The third-order valence-corrected chi connectivity index (χ3v) is 3.24. The van der Waals surface area contributed by atoms with Crippen LogP contribution in [0.3, 0.4) is 0 Å². The van der Waals surface area contributed by atoms with Gasteiger partial charge in [-0.15, -0.1) is 10.2 Å². The van der Waals surface area contributed by atoms with Crippen LogP contribution >= 0.6 is 11.3 Å². The lowest BCUT2D eigenvalue weighted by molar-refractivity contribution is 0.280. The average Bonchev–Trinajstić information content (AvgIpc) is 2.69. The van der Waals surface area contributed by atoms with Crippen molar-refractivity contribution in [3.8, 4) is 0 Å². The Balaban J connectivity index is 1.87. The predicted octanol–water partition coefficient (Wildman–Crippen LogP) is 1.24. The summed E-state index contributed by atoms with van der Waals surface area (Å²) in [6, 6.07) is 0. The van der Waals surface area contributed by atoms with Gasteiger partial charge in [0.05, 0.1) is 6.61 Å². The van der Waals surface area contributed by atoms with Gasteiger partial charge in [0.25, 0.3) is 0 Å². The normalized spacial score (nSPS) is 18.6. The van der Waals surface area contributed by atoms with Gasteiger partial charge in [0, 0.05) is 6.54 Å². The molecule has 0 bridgehead atoms. The first-order valence-corrected chi connectivity index (χ1v) is 5.21. The lowest BCUT2D eigenvalue weighted by Crippen LogP contribution is -2.11. The number of aromatic nitrogens is 2. The molecule has 1 heterocycles. The van der Waals surface area contributed by atoms with Crippen molar-refractivity contribution in [2.75, 3.05) is 11.9 Å². The number of aliphatic hydroxyl groups excluding tert-OH is 1. The van der Waals surface area contributed by atoms with E-state index in [1.165, 1.54) is 24.2 Å². The molecule has 1 aromatic rings. The molecule has 4 nitrogen and oxygen atoms in total. The lowest BCUT2D eigenvalue weighted by atomic mass is 10.1. The summed E-state index contributed by atoms with van der Waals surface area (Å²) in [6.45, 7) is 3.21. The summed E-state index contributed by atoms with van der Waals surface area (Å²) in [6.07, 6.45) is 2.59. The maximum atomic E-state index is 8.77. The summed E-state index contributed by atoms with van der Waals surface area (Å²) < 4.78 is 0. The molecule has 0 aliphatic heterocycles. The van der Waals surface area contributed by atoms with E-state index in [2.05, 4.69) is 22.4 Å². The highest BCUT2D eigenvalue weighted by Crippen LogP contribution is 2.44. The summed E-state index contributed by atoms with van der Waals surface area (Å²) >= 11 is 1.42. The Morgan fingerprint density at radius 2 is 2.31 bits per heavy atom. The third kappa shape index (κ3) is 2.16. The molecule has 0 spiro atoms. The Kier molecular flexibility index (Phi) is 2.21. The van der Waals surface area contributed by atoms with E-state index in [-0.39, 0.29) is 6.61 Å². The molecule has 0 radical (unpaired) electrons. The highest BCUT2D eigenvalue weighted by molar-refractivity contribution is 7.15. The van der Waals surface area contributed by atoms with Crippen molar-refractivity contribution in [1.82, 2.24) is 10.2 Å². The maximum Gasteiger partial charge on any atom is 0.205 e. The van der Waals surface area contributed by atoms with E-state index in [9.17, 15) is 0 Å². The van der Waals surface area contributed by atoms with E-state index in [4.69, 9.17) is 5.11 Å². The molecule has 1 saturated carbocycles. The third-order valence-electron chi connectivity index (χ3n) is 2.37. The minimum Gasteiger partial charge on any atom is -0.389 e. The SMILES string of the molecule is CC1(CNc2nnc(CO)s2)CC1. The molecule has 1 aromatic heterocycles. The van der Waals surface area contributed by atoms with E-state index >= 15 is 0 Å². The molecule has 0 saturated heterocycles. The minimum atomic E-state index is -0.0172. The highest BCUT2D eigenvalue weighted by atomic mass is 32.1. The van der Waals surface area contributed by atoms with Gasteiger partial charge in [-0.3, -0.25) is 0 Å². The second kappa shape index (κ2) is 3.23. The van der Waals surface area contributed by atoms with Gasteiger partial charge in [-0.05, 0) is 18.3 Å². The van der Waals surface area contributed by atoms with Crippen LogP contribution in [0.4, 0.5) is 5.13 Å². The van der Waals surface area contributed by atoms with Crippen molar-refractivity contribution in [1.29, 1.82) is 0 Å². The molecule has 72 valence electrons. The number of rotatable bonds is 4. The van der Waals surface area contributed by atoms with Crippen LogP contribution in [-0.2, 0) is 6.61 Å². The van der Waals surface area contributed by atoms with Gasteiger partial charge >= 0.3 is 0 Å². The fourth-order valence-electron chi connectivity index (χ4n) is 1.07. The molecule has 1 fully saturated rings. The molecule has 1 aliphatic rings. The van der Waals surface area contributed by atoms with Crippen molar-refractivity contribution in [2.45, 2.75) is 26.4 Å². The van der Waals surface area contributed by atoms with E-state index in [0.717, 1.165) is 11.7 Å². The Morgan fingerprint density at radius 3 is 2.85 bits per heavy atom. The zero-order chi connectivity index (χ0) is 9.31. The monoisotopic (exact) mass is 199 g/mol. The van der Waals surface area contributed by atoms with Gasteiger partial charge in [-0.2, -0.15) is 0 Å². The summed E-state index contributed by atoms with van der Waals surface area (Å²) in [4.78, 5) is 0. The molecule has 0 amide bonds. The molecule has 5 heteroatoms. The van der Waals surface area contributed by atoms with E-state index in [1.807, 2.05) is 0 Å². The highest BCUT2D eigenvalue weighted by Gasteiger charge is 2.36. The van der Waals surface area contributed by atoms with Gasteiger partial charge in [-0.1, -0.05) is 18.3 Å². The van der Waals surface area contributed by atoms with Crippen LogP contribution in [0.2, 0.25) is 0 Å². The van der Waals surface area contributed by atoms with Crippen molar-refractivity contribution in [3.63, 3.8) is 0 Å². The van der Waals surface area contributed by atoms with Crippen LogP contribution in [-0.4, -0.2) is 21.8 Å². The second-order valence-corrected chi connectivity index (χ2v) is 4.89. The topological polar surface area (TPSA) is 58.0 Å². The van der Waals surface area contributed by atoms with Crippen LogP contribution in [0, 0.1) is 5.41 Å². The van der Waals surface area contributed by atoms with Gasteiger partial charge in [-0.25, -0.2) is 0 Å². The fourth-order valence-corrected chi connectivity index (χ4v) is 1.66. The number of nitrogens with one attached hydrogen (secondary N) is 1. The van der Waals surface area contributed by atoms with Gasteiger partial charge in [0.2, 0.25) is 5.13 Å². The molecule has 2 N–H and O–H groups in total. The quantitative estimate of drug-likeness (QED) is 0.766. The van der Waals surface area contributed by atoms with Crippen LogP contribution in [0.1, 0.15) is 24.8 Å². The van der Waals surface area contributed by atoms with Gasteiger partial charge < -0.3 is 10.4 Å². The number of hydrogen-bond donors (Lipinski definition) is 2. The van der Waals surface area contributed by atoms with Crippen LogP contribution in [0.25, 0.3) is 0 Å². The first kappa shape index (κ1) is 8.90. The average molecular weight is 199 g/mol. The molecule has 0 aromatic carbocycles. The number of aliphatic hydroxyl groups is 1. The molecule has 0 atom stereocenters. The number of nitrogens with zero attached hydrogens (tertiary/aromatic N) is 2. The van der Waals surface area contributed by atoms with E-state index in [0.29, 0.717) is 10.4 Å². The standard InChI is InChI=1S/C8H13N3OS/c1-8(2-3-8)5-9-7-11-10-6(4-12)13-7/h12H,2-5H2,1H3,(H,9,11). The number of anilines is 1. The van der Waals surface area contributed by atoms with Crippen molar-refractivity contribution >= 4 is 16.5 Å². The fraction of sp³-hybridized carbons (Fsp3) is 0.750. The smallest absolute Gasteiger partial charge is 0.205 e. The van der Waals surface area contributed by atoms with E-state index in [1.54, 1.807) is 0 Å². The molecular weight excluding hydrogens is 186 g/mol. The van der Waals surface area contributed by atoms with Crippen LogP contribution in [0.5, 0.6) is 0 Å². The van der Waals surface area contributed by atoms with E-state index < -0.39 is 0 Å². The summed E-state index contributed by atoms with van der Waals surface area (Å²) in [5.41, 5.74) is 0.477. The Hall–Kier alpha value is -0.680. The zero-order valence-corrected chi connectivity index (χ0v) is 8.39. The molecular formula is C8H13N3OS. The molecule has 1 aliphatic carbocycles. The summed E-state index contributed by atoms with van der Waals surface area (Å²) in [5, 5.41) is 21.2.